The molecule has 7 heteroatoms. The Bertz CT molecular complexity index is 590. The predicted octanol–water partition coefficient (Wildman–Crippen LogP) is 2.09. The summed E-state index contributed by atoms with van der Waals surface area (Å²) in [6.45, 7) is 2.47. The van der Waals surface area contributed by atoms with Crippen molar-refractivity contribution in [2.45, 2.75) is 13.3 Å². The molecule has 1 aromatic heterocycles. The summed E-state index contributed by atoms with van der Waals surface area (Å²) in [7, 11) is 0. The van der Waals surface area contributed by atoms with E-state index in [0.29, 0.717) is 19.5 Å². The third-order valence-corrected chi connectivity index (χ3v) is 2.89. The number of aromatic nitrogens is 2. The van der Waals surface area contributed by atoms with Gasteiger partial charge < -0.3 is 15.6 Å². The second-order valence-electron chi connectivity index (χ2n) is 4.43. The van der Waals surface area contributed by atoms with Crippen LogP contribution in [-0.2, 0) is 6.42 Å². The number of hydrogen-bond acceptors (Lipinski definition) is 3. The zero-order valence-corrected chi connectivity index (χ0v) is 11.5. The number of carbonyl (C=O) groups is 1. The maximum absolute atomic E-state index is 13.7. The van der Waals surface area contributed by atoms with Crippen molar-refractivity contribution in [3.05, 3.63) is 47.5 Å². The van der Waals surface area contributed by atoms with Gasteiger partial charge in [-0.3, -0.25) is 4.79 Å². The van der Waals surface area contributed by atoms with Crippen LogP contribution in [0.2, 0.25) is 0 Å². The molecule has 0 saturated carbocycles. The average molecular weight is 294 g/mol. The van der Waals surface area contributed by atoms with E-state index in [9.17, 15) is 13.6 Å². The summed E-state index contributed by atoms with van der Waals surface area (Å²) in [5.41, 5.74) is 0.609. The van der Waals surface area contributed by atoms with Gasteiger partial charge in [-0.2, -0.15) is 0 Å². The quantitative estimate of drug-likeness (QED) is 0.764. The number of halogens is 2. The number of rotatable bonds is 6. The maximum Gasteiger partial charge on any atom is 0.251 e. The number of benzene rings is 1. The summed E-state index contributed by atoms with van der Waals surface area (Å²) in [4.78, 5) is 18.6. The van der Waals surface area contributed by atoms with E-state index in [0.717, 1.165) is 17.8 Å². The van der Waals surface area contributed by atoms with Crippen molar-refractivity contribution in [1.82, 2.24) is 15.3 Å². The van der Waals surface area contributed by atoms with Crippen LogP contribution in [0.15, 0.2) is 24.7 Å². The molecule has 1 aromatic carbocycles. The Morgan fingerprint density at radius 2 is 2.05 bits per heavy atom. The lowest BCUT2D eigenvalue weighted by molar-refractivity contribution is 0.0953. The molecule has 0 spiro atoms. The predicted molar refractivity (Wildman–Crippen MR) is 75.1 cm³/mol. The third-order valence-electron chi connectivity index (χ3n) is 2.89. The summed E-state index contributed by atoms with van der Waals surface area (Å²) in [6, 6.07) is 2.04. The van der Waals surface area contributed by atoms with Gasteiger partial charge in [0.15, 0.2) is 0 Å². The molecule has 112 valence electrons. The molecular weight excluding hydrogens is 278 g/mol. The number of amides is 1. The number of nitrogens with one attached hydrogen (secondary N) is 3. The lowest BCUT2D eigenvalue weighted by atomic mass is 10.1. The molecular formula is C14H16F2N4O. The highest BCUT2D eigenvalue weighted by Crippen LogP contribution is 2.20. The van der Waals surface area contributed by atoms with E-state index >= 15 is 0 Å². The van der Waals surface area contributed by atoms with Crippen LogP contribution in [0.4, 0.5) is 14.5 Å². The Hall–Kier alpha value is -2.44. The van der Waals surface area contributed by atoms with Crippen molar-refractivity contribution in [3.63, 3.8) is 0 Å². The van der Waals surface area contributed by atoms with Gasteiger partial charge >= 0.3 is 0 Å². The van der Waals surface area contributed by atoms with Gasteiger partial charge in [0.2, 0.25) is 0 Å². The summed E-state index contributed by atoms with van der Waals surface area (Å²) >= 11 is 0. The molecule has 0 fully saturated rings. The van der Waals surface area contributed by atoms with Crippen molar-refractivity contribution in [3.8, 4) is 0 Å². The zero-order chi connectivity index (χ0) is 15.2. The number of imidazole rings is 1. The van der Waals surface area contributed by atoms with Gasteiger partial charge in [0.25, 0.3) is 5.91 Å². The van der Waals surface area contributed by atoms with E-state index in [1.54, 1.807) is 19.4 Å². The highest BCUT2D eigenvalue weighted by molar-refractivity contribution is 5.94. The van der Waals surface area contributed by atoms with Crippen LogP contribution in [0.5, 0.6) is 0 Å². The molecule has 1 heterocycles. The van der Waals surface area contributed by atoms with Crippen LogP contribution in [0.25, 0.3) is 0 Å². The molecule has 0 radical (unpaired) electrons. The molecule has 0 aliphatic heterocycles. The van der Waals surface area contributed by atoms with E-state index in [1.165, 1.54) is 0 Å². The van der Waals surface area contributed by atoms with Crippen LogP contribution in [0.1, 0.15) is 23.0 Å². The summed E-state index contributed by atoms with van der Waals surface area (Å²) in [5, 5.41) is 5.18. The van der Waals surface area contributed by atoms with Gasteiger partial charge in [0, 0.05) is 37.0 Å². The molecule has 2 aromatic rings. The molecule has 3 N–H and O–H groups in total. The van der Waals surface area contributed by atoms with E-state index in [4.69, 9.17) is 0 Å². The number of anilines is 1. The highest BCUT2D eigenvalue weighted by atomic mass is 19.1. The Balaban J connectivity index is 1.99. The van der Waals surface area contributed by atoms with Crippen molar-refractivity contribution >= 4 is 11.6 Å². The number of carbonyl (C=O) groups excluding carboxylic acids is 1. The largest absolute Gasteiger partial charge is 0.381 e. The smallest absolute Gasteiger partial charge is 0.251 e. The number of aromatic amines is 1. The van der Waals surface area contributed by atoms with Crippen molar-refractivity contribution in [2.75, 3.05) is 18.4 Å². The SMILES string of the molecule is CCNc1c(F)cc(C(=O)NCCc2cnc[nH]2)cc1F. The maximum atomic E-state index is 13.7. The zero-order valence-electron chi connectivity index (χ0n) is 11.5. The first-order chi connectivity index (χ1) is 10.1. The Kier molecular flexibility index (Phi) is 4.86. The van der Waals surface area contributed by atoms with E-state index in [1.807, 2.05) is 0 Å². The molecule has 21 heavy (non-hydrogen) atoms. The number of hydrogen-bond donors (Lipinski definition) is 3. The van der Waals surface area contributed by atoms with E-state index in [2.05, 4.69) is 20.6 Å². The lowest BCUT2D eigenvalue weighted by Crippen LogP contribution is -2.26. The number of H-pyrrole nitrogens is 1. The molecule has 0 atom stereocenters. The first-order valence-electron chi connectivity index (χ1n) is 6.60. The summed E-state index contributed by atoms with van der Waals surface area (Å²) in [5.74, 6) is -2.08. The first kappa shape index (κ1) is 15.0. The minimum absolute atomic E-state index is 0.0451. The fraction of sp³-hybridized carbons (Fsp3) is 0.286. The lowest BCUT2D eigenvalue weighted by Gasteiger charge is -2.09. The monoisotopic (exact) mass is 294 g/mol. The third kappa shape index (κ3) is 3.77. The molecule has 1 amide bonds. The molecule has 0 unspecified atom stereocenters. The normalized spacial score (nSPS) is 10.4. The Labute approximate surface area is 120 Å². The van der Waals surface area contributed by atoms with Crippen LogP contribution >= 0.6 is 0 Å². The topological polar surface area (TPSA) is 69.8 Å². The highest BCUT2D eigenvalue weighted by Gasteiger charge is 2.14. The van der Waals surface area contributed by atoms with Gasteiger partial charge in [-0.1, -0.05) is 0 Å². The van der Waals surface area contributed by atoms with Crippen LogP contribution in [0, 0.1) is 11.6 Å². The van der Waals surface area contributed by atoms with Gasteiger partial charge in [-0.25, -0.2) is 13.8 Å². The Morgan fingerprint density at radius 3 is 2.62 bits per heavy atom. The van der Waals surface area contributed by atoms with Gasteiger partial charge in [0.05, 0.1) is 6.33 Å². The second-order valence-corrected chi connectivity index (χ2v) is 4.43. The molecule has 5 nitrogen and oxygen atoms in total. The molecule has 0 bridgehead atoms. The molecule has 0 aliphatic carbocycles. The Morgan fingerprint density at radius 1 is 1.33 bits per heavy atom. The minimum Gasteiger partial charge on any atom is -0.381 e. The van der Waals surface area contributed by atoms with Crippen LogP contribution in [0.3, 0.4) is 0 Å². The van der Waals surface area contributed by atoms with Gasteiger partial charge in [0.1, 0.15) is 17.3 Å². The van der Waals surface area contributed by atoms with Gasteiger partial charge in [-0.15, -0.1) is 0 Å². The van der Waals surface area contributed by atoms with Gasteiger partial charge in [-0.05, 0) is 19.1 Å². The first-order valence-corrected chi connectivity index (χ1v) is 6.60. The number of nitrogens with zero attached hydrogens (tertiary/aromatic N) is 1. The van der Waals surface area contributed by atoms with Crippen LogP contribution in [-0.4, -0.2) is 29.0 Å². The minimum atomic E-state index is -0.782. The summed E-state index contributed by atoms with van der Waals surface area (Å²) in [6.07, 6.45) is 3.75. The standard InChI is InChI=1S/C14H16F2N4O/c1-2-18-13-11(15)5-9(6-12(13)16)14(21)19-4-3-10-7-17-8-20-10/h5-8,18H,2-4H2,1H3,(H,17,20)(H,19,21). The second kappa shape index (κ2) is 6.83. The van der Waals surface area contributed by atoms with E-state index in [-0.39, 0.29) is 11.3 Å². The van der Waals surface area contributed by atoms with E-state index < -0.39 is 17.5 Å². The molecule has 2 rings (SSSR count). The molecule has 0 saturated heterocycles. The van der Waals surface area contributed by atoms with Crippen molar-refractivity contribution < 1.29 is 13.6 Å². The average Bonchev–Trinajstić information content (AvgIpc) is 2.95. The fourth-order valence-electron chi connectivity index (χ4n) is 1.88. The van der Waals surface area contributed by atoms with Crippen molar-refractivity contribution in [1.29, 1.82) is 0 Å². The van der Waals surface area contributed by atoms with Crippen LogP contribution < -0.4 is 10.6 Å². The van der Waals surface area contributed by atoms with Crippen molar-refractivity contribution in [2.24, 2.45) is 0 Å². The molecule has 0 aliphatic rings. The fourth-order valence-corrected chi connectivity index (χ4v) is 1.88. The summed E-state index contributed by atoms with van der Waals surface area (Å²) < 4.78 is 27.4.